The molecule has 0 aromatic carbocycles. The summed E-state index contributed by atoms with van der Waals surface area (Å²) in [6.45, 7) is 8.44. The van der Waals surface area contributed by atoms with Gasteiger partial charge >= 0.3 is 5.97 Å². The van der Waals surface area contributed by atoms with Gasteiger partial charge < -0.3 is 4.74 Å². The van der Waals surface area contributed by atoms with Crippen LogP contribution in [-0.4, -0.2) is 12.1 Å². The molecule has 0 spiro atoms. The molecule has 0 fully saturated rings. The van der Waals surface area contributed by atoms with Crippen molar-refractivity contribution >= 4 is 5.97 Å². The third-order valence-electron chi connectivity index (χ3n) is 4.78. The van der Waals surface area contributed by atoms with Crippen LogP contribution in [0.5, 0.6) is 0 Å². The lowest BCUT2D eigenvalue weighted by molar-refractivity contribution is -0.145. The van der Waals surface area contributed by atoms with E-state index >= 15 is 0 Å². The Morgan fingerprint density at radius 1 is 1.39 bits per heavy atom. The molecular weight excluding hydrogens is 224 g/mol. The van der Waals surface area contributed by atoms with Gasteiger partial charge in [0.2, 0.25) is 0 Å². The van der Waals surface area contributed by atoms with Crippen LogP contribution in [0.2, 0.25) is 0 Å². The molecule has 0 N–H and O–H groups in total. The smallest absolute Gasteiger partial charge is 0.303 e. The first-order valence-corrected chi connectivity index (χ1v) is 6.91. The van der Waals surface area contributed by atoms with Gasteiger partial charge in [-0.1, -0.05) is 31.6 Å². The van der Waals surface area contributed by atoms with Crippen molar-refractivity contribution in [1.29, 1.82) is 0 Å². The van der Waals surface area contributed by atoms with Crippen molar-refractivity contribution in [2.75, 3.05) is 0 Å². The molecule has 0 saturated carbocycles. The summed E-state index contributed by atoms with van der Waals surface area (Å²) >= 11 is 0. The summed E-state index contributed by atoms with van der Waals surface area (Å²) in [4.78, 5) is 11.2. The molecule has 2 nitrogen and oxygen atoms in total. The minimum absolute atomic E-state index is 0.0609. The Labute approximate surface area is 110 Å². The van der Waals surface area contributed by atoms with E-state index in [1.807, 2.05) is 0 Å². The molecule has 0 aromatic rings. The van der Waals surface area contributed by atoms with Crippen molar-refractivity contribution in [1.82, 2.24) is 0 Å². The second-order valence-corrected chi connectivity index (χ2v) is 6.30. The highest BCUT2D eigenvalue weighted by Gasteiger charge is 2.41. The number of esters is 1. The maximum absolute atomic E-state index is 11.2. The first-order valence-electron chi connectivity index (χ1n) is 6.91. The van der Waals surface area contributed by atoms with E-state index in [9.17, 15) is 4.79 Å². The van der Waals surface area contributed by atoms with Crippen LogP contribution in [0.15, 0.2) is 23.8 Å². The fourth-order valence-corrected chi connectivity index (χ4v) is 3.54. The summed E-state index contributed by atoms with van der Waals surface area (Å²) in [5, 5.41) is 0. The molecule has 0 aliphatic heterocycles. The van der Waals surface area contributed by atoms with Crippen LogP contribution in [0.25, 0.3) is 0 Å². The van der Waals surface area contributed by atoms with Gasteiger partial charge in [-0.3, -0.25) is 4.79 Å². The average molecular weight is 248 g/mol. The fourth-order valence-electron chi connectivity index (χ4n) is 3.54. The maximum Gasteiger partial charge on any atom is 0.303 e. The minimum atomic E-state index is -0.183. The molecule has 0 heterocycles. The lowest BCUT2D eigenvalue weighted by Crippen LogP contribution is -2.39. The summed E-state index contributed by atoms with van der Waals surface area (Å²) < 4.78 is 5.41. The second-order valence-electron chi connectivity index (χ2n) is 6.30. The van der Waals surface area contributed by atoms with Gasteiger partial charge in [0, 0.05) is 6.92 Å². The molecule has 2 rings (SSSR count). The van der Waals surface area contributed by atoms with Crippen LogP contribution in [0.3, 0.4) is 0 Å². The van der Waals surface area contributed by atoms with E-state index in [1.54, 1.807) is 0 Å². The van der Waals surface area contributed by atoms with Crippen LogP contribution in [0, 0.1) is 17.3 Å². The molecule has 0 amide bonds. The molecule has 0 aromatic heterocycles. The highest BCUT2D eigenvalue weighted by molar-refractivity contribution is 5.66. The minimum Gasteiger partial charge on any atom is -0.458 e. The van der Waals surface area contributed by atoms with E-state index in [2.05, 4.69) is 39.0 Å². The van der Waals surface area contributed by atoms with Gasteiger partial charge in [-0.25, -0.2) is 0 Å². The highest BCUT2D eigenvalue weighted by atomic mass is 16.5. The third kappa shape index (κ3) is 2.52. The summed E-state index contributed by atoms with van der Waals surface area (Å²) in [7, 11) is 0. The Morgan fingerprint density at radius 3 is 2.78 bits per heavy atom. The maximum atomic E-state index is 11.2. The van der Waals surface area contributed by atoms with Gasteiger partial charge in [0.1, 0.15) is 6.10 Å². The molecule has 0 unspecified atom stereocenters. The summed E-state index contributed by atoms with van der Waals surface area (Å²) in [6.07, 6.45) is 9.78. The predicted octanol–water partition coefficient (Wildman–Crippen LogP) is 3.88. The number of rotatable bonds is 1. The SMILES string of the molecule is CC(=O)O[C@@H]1/C=C\C[C@@H]2CC=C(C)[C@H](C1)C2(C)C. The number of carbonyl (C=O) groups excluding carboxylic acids is 1. The average Bonchev–Trinajstić information content (AvgIpc) is 2.25. The predicted molar refractivity (Wildman–Crippen MR) is 73.1 cm³/mol. The Balaban J connectivity index is 2.26. The fraction of sp³-hybridized carbons (Fsp3) is 0.688. The molecule has 2 aliphatic carbocycles. The van der Waals surface area contributed by atoms with E-state index in [4.69, 9.17) is 4.74 Å². The monoisotopic (exact) mass is 248 g/mol. The van der Waals surface area contributed by atoms with Crippen molar-refractivity contribution in [2.45, 2.75) is 53.1 Å². The standard InChI is InChI=1S/C16H24O2/c1-11-8-9-13-6-5-7-14(18-12(2)17)10-15(11)16(13,3)4/h5,7-8,13-15H,6,9-10H2,1-4H3/b7-5-/t13-,14-,15+/m1/s1. The first-order chi connectivity index (χ1) is 8.41. The van der Waals surface area contributed by atoms with Crippen molar-refractivity contribution in [3.63, 3.8) is 0 Å². The van der Waals surface area contributed by atoms with E-state index in [0.29, 0.717) is 17.3 Å². The molecule has 0 saturated heterocycles. The van der Waals surface area contributed by atoms with Crippen molar-refractivity contribution in [2.24, 2.45) is 17.3 Å². The highest BCUT2D eigenvalue weighted by Crippen LogP contribution is 2.49. The number of hydrogen-bond acceptors (Lipinski definition) is 2. The zero-order valence-electron chi connectivity index (χ0n) is 11.9. The van der Waals surface area contributed by atoms with Crippen molar-refractivity contribution in [3.8, 4) is 0 Å². The molecule has 3 atom stereocenters. The zero-order valence-corrected chi connectivity index (χ0v) is 11.9. The second kappa shape index (κ2) is 4.91. The largest absolute Gasteiger partial charge is 0.458 e. The summed E-state index contributed by atoms with van der Waals surface area (Å²) in [5.41, 5.74) is 1.76. The van der Waals surface area contributed by atoms with Crippen LogP contribution in [0.4, 0.5) is 0 Å². The molecule has 0 radical (unpaired) electrons. The quantitative estimate of drug-likeness (QED) is 0.520. The van der Waals surface area contributed by atoms with Crippen molar-refractivity contribution in [3.05, 3.63) is 23.8 Å². The van der Waals surface area contributed by atoms with Gasteiger partial charge in [-0.2, -0.15) is 0 Å². The molecule has 2 aliphatic rings. The zero-order chi connectivity index (χ0) is 13.3. The summed E-state index contributed by atoms with van der Waals surface area (Å²) in [5.74, 6) is 1.04. The Bertz CT molecular complexity index is 390. The Hall–Kier alpha value is -1.05. The first kappa shape index (κ1) is 13.4. The Morgan fingerprint density at radius 2 is 2.11 bits per heavy atom. The van der Waals surface area contributed by atoms with Crippen LogP contribution in [-0.2, 0) is 9.53 Å². The Kier molecular flexibility index (Phi) is 3.65. The van der Waals surface area contributed by atoms with E-state index in [-0.39, 0.29) is 12.1 Å². The molecule has 2 heteroatoms. The third-order valence-corrected chi connectivity index (χ3v) is 4.78. The number of fused-ring (bicyclic) bond motifs is 2. The molecular formula is C16H24O2. The number of carbonyl (C=O) groups is 1. The lowest BCUT2D eigenvalue weighted by atomic mass is 9.59. The van der Waals surface area contributed by atoms with E-state index in [1.165, 1.54) is 18.9 Å². The van der Waals surface area contributed by atoms with Gasteiger partial charge in [0.15, 0.2) is 0 Å². The topological polar surface area (TPSA) is 26.3 Å². The van der Waals surface area contributed by atoms with Crippen molar-refractivity contribution < 1.29 is 9.53 Å². The normalized spacial score (nSPS) is 36.0. The number of hydrogen-bond donors (Lipinski definition) is 0. The van der Waals surface area contributed by atoms with Gasteiger partial charge in [0.05, 0.1) is 0 Å². The lowest BCUT2D eigenvalue weighted by Gasteiger charge is -2.46. The molecule has 18 heavy (non-hydrogen) atoms. The van der Waals surface area contributed by atoms with Crippen LogP contribution < -0.4 is 0 Å². The molecule has 100 valence electrons. The van der Waals surface area contributed by atoms with Gasteiger partial charge in [-0.05, 0) is 49.5 Å². The number of ether oxygens (including phenoxy) is 1. The number of allylic oxidation sites excluding steroid dienone is 3. The van der Waals surface area contributed by atoms with E-state index in [0.717, 1.165) is 12.8 Å². The van der Waals surface area contributed by atoms with Gasteiger partial charge in [-0.15, -0.1) is 0 Å². The molecule has 2 bridgehead atoms. The van der Waals surface area contributed by atoms with E-state index < -0.39 is 0 Å². The van der Waals surface area contributed by atoms with Crippen LogP contribution in [0.1, 0.15) is 47.0 Å². The summed E-state index contributed by atoms with van der Waals surface area (Å²) in [6, 6.07) is 0. The van der Waals surface area contributed by atoms with Crippen LogP contribution >= 0.6 is 0 Å². The van der Waals surface area contributed by atoms with Gasteiger partial charge in [0.25, 0.3) is 0 Å².